The highest BCUT2D eigenvalue weighted by molar-refractivity contribution is 5.72. The number of hydrogen-bond acceptors (Lipinski definition) is 5. The Hall–Kier alpha value is -0.690. The average Bonchev–Trinajstić information content (AvgIpc) is 2.63. The lowest BCUT2D eigenvalue weighted by atomic mass is 9.80. The minimum absolute atomic E-state index is 0.0364. The summed E-state index contributed by atoms with van der Waals surface area (Å²) in [5.74, 6) is 0.0364. The van der Waals surface area contributed by atoms with E-state index in [1.54, 1.807) is 6.92 Å². The van der Waals surface area contributed by atoms with Crippen molar-refractivity contribution in [2.45, 2.75) is 64.2 Å². The first-order valence-electron chi connectivity index (χ1n) is 10.6. The van der Waals surface area contributed by atoms with Crippen LogP contribution in [-0.2, 0) is 9.53 Å². The molecule has 0 aliphatic carbocycles. The normalized spacial score (nSPS) is 28.7. The molecule has 1 N–H and O–H groups in total. The summed E-state index contributed by atoms with van der Waals surface area (Å²) < 4.78 is 6.15. The van der Waals surface area contributed by atoms with E-state index in [4.69, 9.17) is 4.74 Å². The first-order chi connectivity index (χ1) is 12.5. The van der Waals surface area contributed by atoms with E-state index in [1.807, 2.05) is 0 Å². The lowest BCUT2D eigenvalue weighted by Gasteiger charge is -2.52. The Morgan fingerprint density at radius 3 is 2.23 bits per heavy atom. The summed E-state index contributed by atoms with van der Waals surface area (Å²) in [6, 6.07) is 0.729. The molecule has 0 aromatic carbocycles. The summed E-state index contributed by atoms with van der Waals surface area (Å²) in [5.41, 5.74) is 0.113. The van der Waals surface area contributed by atoms with Gasteiger partial charge >= 0.3 is 0 Å². The van der Waals surface area contributed by atoms with Crippen molar-refractivity contribution >= 4 is 5.91 Å². The van der Waals surface area contributed by atoms with Crippen LogP contribution in [0.3, 0.4) is 0 Å². The number of piperazine rings is 1. The van der Waals surface area contributed by atoms with E-state index >= 15 is 0 Å². The lowest BCUT2D eigenvalue weighted by molar-refractivity contribution is -0.222. The number of piperidine rings is 1. The lowest BCUT2D eigenvalue weighted by Crippen LogP contribution is -2.59. The monoisotopic (exact) mass is 366 g/mol. The van der Waals surface area contributed by atoms with Gasteiger partial charge in [-0.15, -0.1) is 0 Å². The first-order valence-corrected chi connectivity index (χ1v) is 10.6. The number of amides is 1. The van der Waals surface area contributed by atoms with Crippen LogP contribution in [0, 0.1) is 0 Å². The summed E-state index contributed by atoms with van der Waals surface area (Å²) in [4.78, 5) is 18.9. The zero-order valence-corrected chi connectivity index (χ0v) is 17.0. The second-order valence-electron chi connectivity index (χ2n) is 8.54. The number of carbonyl (C=O) groups excluding carboxylic acids is 1. The predicted molar refractivity (Wildman–Crippen MR) is 104 cm³/mol. The minimum Gasteiger partial charge on any atom is -0.370 e. The number of rotatable bonds is 7. The largest absolute Gasteiger partial charge is 0.370 e. The predicted octanol–water partition coefficient (Wildman–Crippen LogP) is 1.16. The van der Waals surface area contributed by atoms with Crippen molar-refractivity contribution in [3.05, 3.63) is 0 Å². The summed E-state index contributed by atoms with van der Waals surface area (Å²) >= 11 is 0. The van der Waals surface area contributed by atoms with Gasteiger partial charge in [-0.1, -0.05) is 6.92 Å². The van der Waals surface area contributed by atoms with E-state index in [9.17, 15) is 4.79 Å². The number of likely N-dealkylation sites (tertiary alicyclic amines) is 1. The van der Waals surface area contributed by atoms with Gasteiger partial charge in [-0.3, -0.25) is 14.6 Å². The van der Waals surface area contributed by atoms with E-state index in [1.165, 1.54) is 45.7 Å². The van der Waals surface area contributed by atoms with E-state index < -0.39 is 0 Å². The Kier molecular flexibility index (Phi) is 6.94. The van der Waals surface area contributed by atoms with Gasteiger partial charge in [0.05, 0.1) is 11.7 Å². The van der Waals surface area contributed by atoms with Crippen LogP contribution in [0.4, 0.5) is 0 Å². The second-order valence-corrected chi connectivity index (χ2v) is 8.54. The molecule has 0 radical (unpaired) electrons. The van der Waals surface area contributed by atoms with Crippen molar-refractivity contribution in [1.82, 2.24) is 20.0 Å². The molecule has 3 fully saturated rings. The van der Waals surface area contributed by atoms with Crippen LogP contribution < -0.4 is 5.32 Å². The molecule has 3 rings (SSSR count). The maximum Gasteiger partial charge on any atom is 0.216 e. The highest BCUT2D eigenvalue weighted by atomic mass is 16.5. The van der Waals surface area contributed by atoms with Gasteiger partial charge in [-0.25, -0.2) is 0 Å². The molecular weight excluding hydrogens is 328 g/mol. The summed E-state index contributed by atoms with van der Waals surface area (Å²) in [7, 11) is 0. The molecule has 3 saturated heterocycles. The van der Waals surface area contributed by atoms with Gasteiger partial charge in [0.1, 0.15) is 0 Å². The third-order valence-corrected chi connectivity index (χ3v) is 6.72. The Morgan fingerprint density at radius 2 is 1.69 bits per heavy atom. The highest BCUT2D eigenvalue weighted by Crippen LogP contribution is 2.40. The molecule has 1 spiro atoms. The van der Waals surface area contributed by atoms with Crippen molar-refractivity contribution in [3.8, 4) is 0 Å². The summed E-state index contributed by atoms with van der Waals surface area (Å²) in [6.07, 6.45) is 4.88. The molecule has 3 aliphatic heterocycles. The molecule has 0 aromatic heterocycles. The Labute approximate surface area is 159 Å². The average molecular weight is 367 g/mol. The van der Waals surface area contributed by atoms with Gasteiger partial charge in [-0.2, -0.15) is 0 Å². The third kappa shape index (κ3) is 5.18. The number of nitrogens with one attached hydrogen (secondary N) is 1. The van der Waals surface area contributed by atoms with E-state index in [-0.39, 0.29) is 17.6 Å². The van der Waals surface area contributed by atoms with Gasteiger partial charge < -0.3 is 15.0 Å². The molecule has 0 saturated carbocycles. The maximum atomic E-state index is 11.0. The van der Waals surface area contributed by atoms with Crippen LogP contribution >= 0.6 is 0 Å². The van der Waals surface area contributed by atoms with Gasteiger partial charge in [0.25, 0.3) is 0 Å². The van der Waals surface area contributed by atoms with Crippen molar-refractivity contribution < 1.29 is 9.53 Å². The van der Waals surface area contributed by atoms with Crippen molar-refractivity contribution in [1.29, 1.82) is 0 Å². The molecule has 0 bridgehead atoms. The van der Waals surface area contributed by atoms with Gasteiger partial charge in [-0.05, 0) is 26.2 Å². The van der Waals surface area contributed by atoms with Gasteiger partial charge in [0, 0.05) is 78.3 Å². The fourth-order valence-electron chi connectivity index (χ4n) is 4.61. The molecule has 2 atom stereocenters. The van der Waals surface area contributed by atoms with Crippen LogP contribution in [0.25, 0.3) is 0 Å². The number of hydrogen-bond donors (Lipinski definition) is 1. The Morgan fingerprint density at radius 1 is 1.12 bits per heavy atom. The van der Waals surface area contributed by atoms with Crippen molar-refractivity contribution in [2.24, 2.45) is 0 Å². The molecular formula is C20H38N4O2. The van der Waals surface area contributed by atoms with E-state index in [0.29, 0.717) is 6.54 Å². The molecule has 150 valence electrons. The zero-order chi connectivity index (χ0) is 18.6. The Bertz CT molecular complexity index is 449. The molecule has 1 amide bonds. The maximum absolute atomic E-state index is 11.0. The van der Waals surface area contributed by atoms with Crippen molar-refractivity contribution in [3.63, 3.8) is 0 Å². The van der Waals surface area contributed by atoms with Crippen LogP contribution in [0.5, 0.6) is 0 Å². The first kappa shape index (κ1) is 20.1. The van der Waals surface area contributed by atoms with Gasteiger partial charge in [0.2, 0.25) is 5.91 Å². The standard InChI is InChI=1S/C20H38N4O2/c1-4-17(2)24-13-11-23(12-14-24)10-9-22-7-5-20(6-8-22)15-19(26-20)16-21-18(3)25/h17,19H,4-16H2,1-3H3,(H,21,25). The molecule has 2 unspecified atom stereocenters. The van der Waals surface area contributed by atoms with Crippen LogP contribution in [0.2, 0.25) is 0 Å². The van der Waals surface area contributed by atoms with E-state index in [0.717, 1.165) is 38.4 Å². The summed E-state index contributed by atoms with van der Waals surface area (Å²) in [6.45, 7) is 16.5. The molecule has 6 nitrogen and oxygen atoms in total. The fraction of sp³-hybridized carbons (Fsp3) is 0.950. The SMILES string of the molecule is CCC(C)N1CCN(CCN2CCC3(CC2)CC(CNC(C)=O)O3)CC1. The van der Waals surface area contributed by atoms with E-state index in [2.05, 4.69) is 33.9 Å². The zero-order valence-electron chi connectivity index (χ0n) is 17.0. The van der Waals surface area contributed by atoms with Gasteiger partial charge in [0.15, 0.2) is 0 Å². The number of ether oxygens (including phenoxy) is 1. The quantitative estimate of drug-likeness (QED) is 0.733. The second kappa shape index (κ2) is 9.00. The number of nitrogens with zero attached hydrogens (tertiary/aromatic N) is 3. The molecule has 0 aromatic rings. The smallest absolute Gasteiger partial charge is 0.216 e. The Balaban J connectivity index is 1.28. The van der Waals surface area contributed by atoms with Crippen molar-refractivity contribution in [2.75, 3.05) is 58.9 Å². The topological polar surface area (TPSA) is 48.0 Å². The van der Waals surface area contributed by atoms with Crippen LogP contribution in [0.15, 0.2) is 0 Å². The third-order valence-electron chi connectivity index (χ3n) is 6.72. The molecule has 3 aliphatic rings. The molecule has 3 heterocycles. The fourth-order valence-corrected chi connectivity index (χ4v) is 4.61. The molecule has 26 heavy (non-hydrogen) atoms. The van der Waals surface area contributed by atoms with Crippen LogP contribution in [-0.4, -0.2) is 97.3 Å². The summed E-state index contributed by atoms with van der Waals surface area (Å²) in [5, 5.41) is 2.87. The minimum atomic E-state index is 0.0364. The van der Waals surface area contributed by atoms with Crippen LogP contribution in [0.1, 0.15) is 46.5 Å². The molecule has 6 heteroatoms. The highest BCUT2D eigenvalue weighted by Gasteiger charge is 2.46. The number of carbonyl (C=O) groups is 1.